The summed E-state index contributed by atoms with van der Waals surface area (Å²) in [6.07, 6.45) is 11.3. The van der Waals surface area contributed by atoms with Crippen LogP contribution in [0.3, 0.4) is 0 Å². The van der Waals surface area contributed by atoms with Crippen molar-refractivity contribution in [2.45, 2.75) is 38.1 Å². The minimum absolute atomic E-state index is 0.100. The summed E-state index contributed by atoms with van der Waals surface area (Å²) in [5.74, 6) is 0.576. The van der Waals surface area contributed by atoms with E-state index < -0.39 is 0 Å². The molecule has 0 spiro atoms. The summed E-state index contributed by atoms with van der Waals surface area (Å²) in [6, 6.07) is 10.2. The van der Waals surface area contributed by atoms with Crippen LogP contribution in [0, 0.1) is 0 Å². The number of rotatable bonds is 3. The number of aliphatic imine (C=N–C) groups is 1. The van der Waals surface area contributed by atoms with E-state index in [2.05, 4.69) is 15.3 Å². The van der Waals surface area contributed by atoms with Gasteiger partial charge in [-0.05, 0) is 30.7 Å². The lowest BCUT2D eigenvalue weighted by atomic mass is 9.96. The second kappa shape index (κ2) is 7.83. The van der Waals surface area contributed by atoms with Gasteiger partial charge in [0.2, 0.25) is 0 Å². The van der Waals surface area contributed by atoms with Crippen molar-refractivity contribution in [3.8, 4) is 11.4 Å². The molecule has 0 radical (unpaired) electrons. The fraction of sp³-hybridized carbons (Fsp3) is 0.300. The van der Waals surface area contributed by atoms with E-state index in [4.69, 9.17) is 4.99 Å². The summed E-state index contributed by atoms with van der Waals surface area (Å²) in [5, 5.41) is 3.59. The topological polar surface area (TPSA) is 67.2 Å². The van der Waals surface area contributed by atoms with E-state index in [9.17, 15) is 4.79 Å². The second-order valence-corrected chi connectivity index (χ2v) is 7.53. The van der Waals surface area contributed by atoms with Gasteiger partial charge >= 0.3 is 0 Å². The molecule has 26 heavy (non-hydrogen) atoms. The van der Waals surface area contributed by atoms with Crippen LogP contribution >= 0.6 is 11.8 Å². The first-order valence-electron chi connectivity index (χ1n) is 8.94. The van der Waals surface area contributed by atoms with E-state index >= 15 is 0 Å². The molecule has 2 fully saturated rings. The predicted molar refractivity (Wildman–Crippen MR) is 105 cm³/mol. The van der Waals surface area contributed by atoms with E-state index in [0.717, 1.165) is 29.1 Å². The Hall–Kier alpha value is -2.47. The Morgan fingerprint density at radius 3 is 2.54 bits per heavy atom. The zero-order valence-corrected chi connectivity index (χ0v) is 15.2. The maximum absolute atomic E-state index is 12.2. The zero-order valence-electron chi connectivity index (χ0n) is 14.4. The standard InChI is InChI=1S/C20H20N4OS/c25-19-17(26-20(24-19)23-16-9-5-2-6-10-16)11-14-12-21-18(22-13-14)15-7-3-1-4-8-15/h1,3-4,7-8,11-13,16H,2,5-6,9-10H2,(H,23,24,25). The van der Waals surface area contributed by atoms with Gasteiger partial charge in [-0.15, -0.1) is 0 Å². The molecule has 0 atom stereocenters. The molecule has 1 aliphatic carbocycles. The molecule has 1 aromatic heterocycles. The molecule has 1 aromatic carbocycles. The number of nitrogens with zero attached hydrogens (tertiary/aromatic N) is 3. The number of carbonyl (C=O) groups is 1. The van der Waals surface area contributed by atoms with Crippen molar-refractivity contribution >= 4 is 28.9 Å². The molecule has 0 bridgehead atoms. The molecule has 1 amide bonds. The van der Waals surface area contributed by atoms with Gasteiger partial charge in [0.25, 0.3) is 5.91 Å². The van der Waals surface area contributed by atoms with Crippen LogP contribution < -0.4 is 5.32 Å². The summed E-state index contributed by atoms with van der Waals surface area (Å²) in [6.45, 7) is 0. The highest BCUT2D eigenvalue weighted by Crippen LogP contribution is 2.28. The molecule has 2 aromatic rings. The number of carbonyl (C=O) groups excluding carboxylic acids is 1. The number of benzene rings is 1. The van der Waals surface area contributed by atoms with Crippen molar-refractivity contribution < 1.29 is 4.79 Å². The Morgan fingerprint density at radius 1 is 1.08 bits per heavy atom. The minimum atomic E-state index is -0.100. The molecule has 1 aliphatic heterocycles. The summed E-state index contributed by atoms with van der Waals surface area (Å²) >= 11 is 1.40. The van der Waals surface area contributed by atoms with E-state index in [1.807, 2.05) is 36.4 Å². The highest BCUT2D eigenvalue weighted by atomic mass is 32.2. The third-order valence-electron chi connectivity index (χ3n) is 4.53. The molecule has 2 heterocycles. The summed E-state index contributed by atoms with van der Waals surface area (Å²) in [7, 11) is 0. The number of nitrogens with one attached hydrogen (secondary N) is 1. The lowest BCUT2D eigenvalue weighted by Crippen LogP contribution is -2.22. The largest absolute Gasteiger partial charge is 0.301 e. The SMILES string of the molecule is O=C1NC(=NC2CCCCC2)SC1=Cc1cnc(-c2ccccc2)nc1. The zero-order chi connectivity index (χ0) is 17.8. The average molecular weight is 364 g/mol. The minimum Gasteiger partial charge on any atom is -0.301 e. The van der Waals surface area contributed by atoms with Crippen LogP contribution in [0.4, 0.5) is 0 Å². The maximum atomic E-state index is 12.2. The van der Waals surface area contributed by atoms with Crippen molar-refractivity contribution in [2.75, 3.05) is 0 Å². The molecule has 4 rings (SSSR count). The highest BCUT2D eigenvalue weighted by molar-refractivity contribution is 8.18. The Balaban J connectivity index is 1.47. The summed E-state index contributed by atoms with van der Waals surface area (Å²) in [5.41, 5.74) is 1.78. The Kier molecular flexibility index (Phi) is 5.11. The highest BCUT2D eigenvalue weighted by Gasteiger charge is 2.25. The molecule has 6 heteroatoms. The third-order valence-corrected chi connectivity index (χ3v) is 5.45. The van der Waals surface area contributed by atoms with Crippen molar-refractivity contribution in [1.82, 2.24) is 15.3 Å². The fourth-order valence-corrected chi connectivity index (χ4v) is 4.06. The first-order chi connectivity index (χ1) is 12.8. The first kappa shape index (κ1) is 17.0. The van der Waals surface area contributed by atoms with Crippen LogP contribution in [-0.4, -0.2) is 27.1 Å². The molecule has 132 valence electrons. The Bertz CT molecular complexity index is 840. The molecular weight excluding hydrogens is 344 g/mol. The number of amidine groups is 1. The smallest absolute Gasteiger partial charge is 0.264 e. The van der Waals surface area contributed by atoms with Crippen LogP contribution in [0.25, 0.3) is 17.5 Å². The van der Waals surface area contributed by atoms with Crippen molar-refractivity contribution in [1.29, 1.82) is 0 Å². The van der Waals surface area contributed by atoms with Gasteiger partial charge in [0, 0.05) is 23.5 Å². The van der Waals surface area contributed by atoms with Gasteiger partial charge in [-0.3, -0.25) is 9.79 Å². The lowest BCUT2D eigenvalue weighted by Gasteiger charge is -2.17. The molecule has 2 aliphatic rings. The van der Waals surface area contributed by atoms with E-state index in [1.54, 1.807) is 12.4 Å². The Morgan fingerprint density at radius 2 is 1.81 bits per heavy atom. The summed E-state index contributed by atoms with van der Waals surface area (Å²) in [4.78, 5) is 26.3. The maximum Gasteiger partial charge on any atom is 0.264 e. The van der Waals surface area contributed by atoms with Gasteiger partial charge in [-0.25, -0.2) is 9.97 Å². The summed E-state index contributed by atoms with van der Waals surface area (Å²) < 4.78 is 0. The van der Waals surface area contributed by atoms with Crippen molar-refractivity contribution in [3.63, 3.8) is 0 Å². The van der Waals surface area contributed by atoms with Crippen LogP contribution in [0.15, 0.2) is 52.6 Å². The Labute approximate surface area is 157 Å². The van der Waals surface area contributed by atoms with Crippen LogP contribution in [-0.2, 0) is 4.79 Å². The molecule has 1 N–H and O–H groups in total. The van der Waals surface area contributed by atoms with Crippen LogP contribution in [0.5, 0.6) is 0 Å². The molecular formula is C20H20N4OS. The third kappa shape index (κ3) is 4.02. The molecule has 5 nitrogen and oxygen atoms in total. The fourth-order valence-electron chi connectivity index (χ4n) is 3.16. The average Bonchev–Trinajstić information content (AvgIpc) is 3.03. The van der Waals surface area contributed by atoms with Crippen LogP contribution in [0.2, 0.25) is 0 Å². The number of hydrogen-bond acceptors (Lipinski definition) is 5. The van der Waals surface area contributed by atoms with Gasteiger partial charge in [-0.2, -0.15) is 0 Å². The normalized spacial score (nSPS) is 21.3. The van der Waals surface area contributed by atoms with Gasteiger partial charge < -0.3 is 5.32 Å². The van der Waals surface area contributed by atoms with Gasteiger partial charge in [0.15, 0.2) is 11.0 Å². The number of amides is 1. The van der Waals surface area contributed by atoms with Gasteiger partial charge in [0.1, 0.15) is 0 Å². The van der Waals surface area contributed by atoms with Gasteiger partial charge in [0.05, 0.1) is 10.9 Å². The predicted octanol–water partition coefficient (Wildman–Crippen LogP) is 4.04. The number of hydrogen-bond donors (Lipinski definition) is 1. The van der Waals surface area contributed by atoms with Crippen molar-refractivity contribution in [3.05, 3.63) is 53.2 Å². The number of aromatic nitrogens is 2. The van der Waals surface area contributed by atoms with E-state index in [-0.39, 0.29) is 5.91 Å². The lowest BCUT2D eigenvalue weighted by molar-refractivity contribution is -0.115. The van der Waals surface area contributed by atoms with E-state index in [1.165, 1.54) is 31.0 Å². The van der Waals surface area contributed by atoms with Gasteiger partial charge in [-0.1, -0.05) is 49.6 Å². The quantitative estimate of drug-likeness (QED) is 0.835. The first-order valence-corrected chi connectivity index (χ1v) is 9.76. The molecule has 0 unspecified atom stereocenters. The molecule has 1 saturated carbocycles. The van der Waals surface area contributed by atoms with Crippen LogP contribution in [0.1, 0.15) is 37.7 Å². The number of thioether (sulfide) groups is 1. The van der Waals surface area contributed by atoms with Crippen molar-refractivity contribution in [2.24, 2.45) is 4.99 Å². The second-order valence-electron chi connectivity index (χ2n) is 6.50. The molecule has 1 saturated heterocycles. The monoisotopic (exact) mass is 364 g/mol. The van der Waals surface area contributed by atoms with E-state index in [0.29, 0.717) is 16.8 Å².